The second-order valence-electron chi connectivity index (χ2n) is 4.44. The Bertz CT molecular complexity index is 296. The van der Waals surface area contributed by atoms with Gasteiger partial charge in [-0.3, -0.25) is 4.98 Å². The summed E-state index contributed by atoms with van der Waals surface area (Å²) < 4.78 is 5.38. The zero-order valence-corrected chi connectivity index (χ0v) is 9.51. The summed E-state index contributed by atoms with van der Waals surface area (Å²) in [5.74, 6) is 0.324. The summed E-state index contributed by atoms with van der Waals surface area (Å²) >= 11 is 0. The first kappa shape index (κ1) is 11.6. The number of nitrogens with zero attached hydrogens (tertiary/aromatic N) is 1. The first-order valence-electron chi connectivity index (χ1n) is 6.01. The molecule has 1 N–H and O–H groups in total. The number of ether oxygens (including phenoxy) is 1. The Morgan fingerprint density at radius 3 is 3.19 bits per heavy atom. The molecule has 0 radical (unpaired) electrons. The molecule has 3 heteroatoms. The van der Waals surface area contributed by atoms with Crippen molar-refractivity contribution >= 4 is 0 Å². The van der Waals surface area contributed by atoms with E-state index >= 15 is 0 Å². The van der Waals surface area contributed by atoms with Gasteiger partial charge >= 0.3 is 0 Å². The summed E-state index contributed by atoms with van der Waals surface area (Å²) in [6, 6.07) is 3.99. The van der Waals surface area contributed by atoms with Gasteiger partial charge < -0.3 is 9.84 Å². The minimum absolute atomic E-state index is 0.236. The van der Waals surface area contributed by atoms with Crippen LogP contribution in [0.2, 0.25) is 0 Å². The van der Waals surface area contributed by atoms with E-state index in [-0.39, 0.29) is 6.10 Å². The lowest BCUT2D eigenvalue weighted by atomic mass is 9.92. The number of rotatable bonds is 4. The van der Waals surface area contributed by atoms with Crippen molar-refractivity contribution < 1.29 is 9.84 Å². The number of aromatic nitrogens is 1. The Morgan fingerprint density at radius 1 is 1.56 bits per heavy atom. The van der Waals surface area contributed by atoms with Crippen molar-refractivity contribution in [1.82, 2.24) is 4.98 Å². The van der Waals surface area contributed by atoms with Gasteiger partial charge in [0.25, 0.3) is 0 Å². The molecule has 1 aromatic rings. The third kappa shape index (κ3) is 3.29. The van der Waals surface area contributed by atoms with Gasteiger partial charge in [0.1, 0.15) is 0 Å². The van der Waals surface area contributed by atoms with Crippen molar-refractivity contribution in [1.29, 1.82) is 0 Å². The fourth-order valence-electron chi connectivity index (χ4n) is 2.17. The van der Waals surface area contributed by atoms with Crippen molar-refractivity contribution in [2.24, 2.45) is 5.92 Å². The van der Waals surface area contributed by atoms with Crippen molar-refractivity contribution in [3.8, 4) is 0 Å². The molecule has 1 aliphatic heterocycles. The largest absolute Gasteiger partial charge is 0.393 e. The summed E-state index contributed by atoms with van der Waals surface area (Å²) in [6.07, 6.45) is 7.27. The Morgan fingerprint density at radius 2 is 2.50 bits per heavy atom. The van der Waals surface area contributed by atoms with E-state index in [2.05, 4.69) is 11.1 Å². The second kappa shape index (κ2) is 5.97. The predicted octanol–water partition coefficient (Wildman–Crippen LogP) is 1.80. The molecule has 0 saturated carbocycles. The van der Waals surface area contributed by atoms with Gasteiger partial charge in [-0.2, -0.15) is 0 Å². The standard InChI is InChI=1S/C13H19NO2/c15-13(12-4-2-8-16-10-12)6-5-11-3-1-7-14-9-11/h1,3,7,9,12-13,15H,2,4-6,8,10H2. The molecule has 0 aromatic carbocycles. The molecule has 2 unspecified atom stereocenters. The number of pyridine rings is 1. The fraction of sp³-hybridized carbons (Fsp3) is 0.615. The van der Waals surface area contributed by atoms with Gasteiger partial charge in [-0.15, -0.1) is 0 Å². The Labute approximate surface area is 96.5 Å². The minimum atomic E-state index is -0.236. The summed E-state index contributed by atoms with van der Waals surface area (Å²) in [6.45, 7) is 1.57. The van der Waals surface area contributed by atoms with Gasteiger partial charge in [0.2, 0.25) is 0 Å². The Hall–Kier alpha value is -0.930. The maximum atomic E-state index is 10.0. The van der Waals surface area contributed by atoms with Crippen molar-refractivity contribution in [2.45, 2.75) is 31.8 Å². The number of hydrogen-bond donors (Lipinski definition) is 1. The molecule has 16 heavy (non-hydrogen) atoms. The molecule has 1 saturated heterocycles. The van der Waals surface area contributed by atoms with E-state index in [0.29, 0.717) is 12.5 Å². The summed E-state index contributed by atoms with van der Waals surface area (Å²) in [7, 11) is 0. The number of aliphatic hydroxyl groups excluding tert-OH is 1. The number of aryl methyl sites for hydroxylation is 1. The minimum Gasteiger partial charge on any atom is -0.393 e. The average molecular weight is 221 g/mol. The van der Waals surface area contributed by atoms with Gasteiger partial charge in [0.15, 0.2) is 0 Å². The molecule has 1 fully saturated rings. The smallest absolute Gasteiger partial charge is 0.0593 e. The highest BCUT2D eigenvalue weighted by Crippen LogP contribution is 2.20. The fourth-order valence-corrected chi connectivity index (χ4v) is 2.17. The van der Waals surface area contributed by atoms with Crippen LogP contribution in [0.5, 0.6) is 0 Å². The molecule has 0 aliphatic carbocycles. The van der Waals surface area contributed by atoms with E-state index in [0.717, 1.165) is 32.3 Å². The topological polar surface area (TPSA) is 42.4 Å². The van der Waals surface area contributed by atoms with Gasteiger partial charge in [-0.05, 0) is 37.3 Å². The molecular weight excluding hydrogens is 202 g/mol. The lowest BCUT2D eigenvalue weighted by molar-refractivity contribution is -0.0116. The molecular formula is C13H19NO2. The van der Waals surface area contributed by atoms with Gasteiger partial charge in [0.05, 0.1) is 12.7 Å². The first-order valence-corrected chi connectivity index (χ1v) is 6.01. The van der Waals surface area contributed by atoms with Gasteiger partial charge in [-0.1, -0.05) is 6.07 Å². The van der Waals surface area contributed by atoms with Crippen LogP contribution in [0.4, 0.5) is 0 Å². The third-order valence-corrected chi connectivity index (χ3v) is 3.19. The maximum Gasteiger partial charge on any atom is 0.0593 e. The zero-order chi connectivity index (χ0) is 11.2. The van der Waals surface area contributed by atoms with Crippen LogP contribution in [0.1, 0.15) is 24.8 Å². The van der Waals surface area contributed by atoms with Crippen LogP contribution < -0.4 is 0 Å². The van der Waals surface area contributed by atoms with Crippen LogP contribution in [0.15, 0.2) is 24.5 Å². The van der Waals surface area contributed by atoms with Gasteiger partial charge in [-0.25, -0.2) is 0 Å². The van der Waals surface area contributed by atoms with E-state index in [1.54, 1.807) is 6.20 Å². The molecule has 2 heterocycles. The zero-order valence-electron chi connectivity index (χ0n) is 9.51. The van der Waals surface area contributed by atoms with Crippen LogP contribution in [-0.2, 0) is 11.2 Å². The SMILES string of the molecule is OC(CCc1cccnc1)C1CCCOC1. The first-order chi connectivity index (χ1) is 7.86. The van der Waals surface area contributed by atoms with Gasteiger partial charge in [0, 0.05) is 24.9 Å². The molecule has 2 rings (SSSR count). The molecule has 0 amide bonds. The lowest BCUT2D eigenvalue weighted by Crippen LogP contribution is -2.29. The molecule has 0 bridgehead atoms. The van der Waals surface area contributed by atoms with Crippen LogP contribution in [-0.4, -0.2) is 29.4 Å². The van der Waals surface area contributed by atoms with Crippen LogP contribution in [0, 0.1) is 5.92 Å². The van der Waals surface area contributed by atoms with E-state index < -0.39 is 0 Å². The monoisotopic (exact) mass is 221 g/mol. The van der Waals surface area contributed by atoms with E-state index in [9.17, 15) is 5.11 Å². The number of aliphatic hydroxyl groups is 1. The maximum absolute atomic E-state index is 10.0. The average Bonchev–Trinajstić information content (AvgIpc) is 2.38. The van der Waals surface area contributed by atoms with Crippen LogP contribution in [0.3, 0.4) is 0 Å². The summed E-state index contributed by atoms with van der Waals surface area (Å²) in [5, 5.41) is 10.0. The molecule has 0 spiro atoms. The predicted molar refractivity (Wildman–Crippen MR) is 62.1 cm³/mol. The number of hydrogen-bond acceptors (Lipinski definition) is 3. The second-order valence-corrected chi connectivity index (χ2v) is 4.44. The van der Waals surface area contributed by atoms with Crippen LogP contribution >= 0.6 is 0 Å². The van der Waals surface area contributed by atoms with E-state index in [4.69, 9.17) is 4.74 Å². The molecule has 1 aliphatic rings. The highest BCUT2D eigenvalue weighted by Gasteiger charge is 2.21. The Balaban J connectivity index is 1.76. The quantitative estimate of drug-likeness (QED) is 0.843. The Kier molecular flexibility index (Phi) is 4.31. The highest BCUT2D eigenvalue weighted by molar-refractivity contribution is 5.08. The van der Waals surface area contributed by atoms with Crippen molar-refractivity contribution in [2.75, 3.05) is 13.2 Å². The molecule has 1 aromatic heterocycles. The molecule has 88 valence electrons. The van der Waals surface area contributed by atoms with E-state index in [1.165, 1.54) is 5.56 Å². The van der Waals surface area contributed by atoms with Crippen molar-refractivity contribution in [3.63, 3.8) is 0 Å². The van der Waals surface area contributed by atoms with Crippen LogP contribution in [0.25, 0.3) is 0 Å². The van der Waals surface area contributed by atoms with Crippen molar-refractivity contribution in [3.05, 3.63) is 30.1 Å². The normalized spacial score (nSPS) is 22.9. The van der Waals surface area contributed by atoms with E-state index in [1.807, 2.05) is 12.3 Å². The summed E-state index contributed by atoms with van der Waals surface area (Å²) in [5.41, 5.74) is 1.19. The lowest BCUT2D eigenvalue weighted by Gasteiger charge is -2.26. The third-order valence-electron chi connectivity index (χ3n) is 3.19. The highest BCUT2D eigenvalue weighted by atomic mass is 16.5. The molecule has 2 atom stereocenters. The molecule has 3 nitrogen and oxygen atoms in total. The summed E-state index contributed by atoms with van der Waals surface area (Å²) in [4.78, 5) is 4.07.